The summed E-state index contributed by atoms with van der Waals surface area (Å²) in [4.78, 5) is 17.9. The predicted octanol–water partition coefficient (Wildman–Crippen LogP) is 5.52. The lowest BCUT2D eigenvalue weighted by Crippen LogP contribution is -2.41. The first kappa shape index (κ1) is 26.0. The van der Waals surface area contributed by atoms with Crippen LogP contribution in [0.4, 0.5) is 4.39 Å². The number of aryl methyl sites for hydroxylation is 2. The molecule has 1 aliphatic carbocycles. The Morgan fingerprint density at radius 2 is 1.56 bits per heavy atom. The van der Waals surface area contributed by atoms with Gasteiger partial charge in [-0.05, 0) is 105 Å². The topological polar surface area (TPSA) is 71.1 Å². The van der Waals surface area contributed by atoms with Crippen LogP contribution in [-0.2, 0) is 14.5 Å². The summed E-state index contributed by atoms with van der Waals surface area (Å²) >= 11 is 0. The highest BCUT2D eigenvalue weighted by Crippen LogP contribution is 2.28. The van der Waals surface area contributed by atoms with Crippen LogP contribution in [0.3, 0.4) is 0 Å². The van der Waals surface area contributed by atoms with Crippen molar-refractivity contribution in [3.63, 3.8) is 0 Å². The maximum atomic E-state index is 13.4. The van der Waals surface area contributed by atoms with Crippen LogP contribution in [0.1, 0.15) is 55.6 Å². The molecule has 4 rings (SSSR count). The molecule has 0 saturated heterocycles. The second kappa shape index (κ2) is 10.9. The molecule has 1 heterocycles. The van der Waals surface area contributed by atoms with Crippen molar-refractivity contribution in [3.8, 4) is 11.1 Å². The Labute approximate surface area is 213 Å². The molecule has 0 radical (unpaired) electrons. The third-order valence-electron chi connectivity index (χ3n) is 6.83. The van der Waals surface area contributed by atoms with E-state index in [-0.39, 0.29) is 29.7 Å². The van der Waals surface area contributed by atoms with Crippen LogP contribution in [-0.4, -0.2) is 27.0 Å². The Bertz CT molecular complexity index is 1290. The van der Waals surface area contributed by atoms with Gasteiger partial charge in [0, 0.05) is 28.2 Å². The van der Waals surface area contributed by atoms with Crippen LogP contribution < -0.4 is 10.0 Å². The molecular weight excluding hydrogens is 473 g/mol. The maximum Gasteiger partial charge on any atom is 0.223 e. The molecule has 5 nitrogen and oxygen atoms in total. The van der Waals surface area contributed by atoms with Crippen LogP contribution in [0.2, 0.25) is 0 Å². The predicted molar refractivity (Wildman–Crippen MR) is 145 cm³/mol. The highest BCUT2D eigenvalue weighted by Gasteiger charge is 2.28. The number of nitrogens with one attached hydrogen (secondary N) is 2. The molecule has 3 aromatic rings. The van der Waals surface area contributed by atoms with Crippen molar-refractivity contribution in [1.82, 2.24) is 15.0 Å². The lowest BCUT2D eigenvalue weighted by Gasteiger charge is -2.30. The maximum absolute atomic E-state index is 13.4. The summed E-state index contributed by atoms with van der Waals surface area (Å²) in [5.74, 6) is 3.63. The van der Waals surface area contributed by atoms with Crippen molar-refractivity contribution in [2.45, 2.75) is 63.4 Å². The smallest absolute Gasteiger partial charge is 0.223 e. The second-order valence-corrected chi connectivity index (χ2v) is 11.8. The van der Waals surface area contributed by atoms with E-state index in [4.69, 9.17) is 0 Å². The van der Waals surface area contributed by atoms with Crippen LogP contribution in [0.15, 0.2) is 65.6 Å². The molecule has 0 bridgehead atoms. The zero-order valence-corrected chi connectivity index (χ0v) is 21.9. The minimum Gasteiger partial charge on any atom is -0.349 e. The van der Waals surface area contributed by atoms with Crippen molar-refractivity contribution in [2.75, 3.05) is 0 Å². The minimum atomic E-state index is -2.67. The molecular formula is C29H34FN3O2S. The van der Waals surface area contributed by atoms with Gasteiger partial charge in [-0.2, -0.15) is 0 Å². The van der Waals surface area contributed by atoms with E-state index in [2.05, 4.69) is 20.9 Å². The zero-order valence-electron chi connectivity index (χ0n) is 21.1. The summed E-state index contributed by atoms with van der Waals surface area (Å²) in [7, 11) is -2.67. The first-order valence-corrected chi connectivity index (χ1v) is 14.1. The highest BCUT2D eigenvalue weighted by molar-refractivity contribution is 7.98. The van der Waals surface area contributed by atoms with Gasteiger partial charge in [0.2, 0.25) is 5.91 Å². The number of benzene rings is 2. The number of amides is 1. The van der Waals surface area contributed by atoms with Gasteiger partial charge in [0.25, 0.3) is 0 Å². The van der Waals surface area contributed by atoms with Crippen molar-refractivity contribution in [3.05, 3.63) is 83.4 Å². The van der Waals surface area contributed by atoms with Gasteiger partial charge in [-0.15, -0.1) is 0 Å². The molecule has 2 aromatic carbocycles. The van der Waals surface area contributed by atoms with Crippen LogP contribution in [0, 0.1) is 25.6 Å². The van der Waals surface area contributed by atoms with Gasteiger partial charge < -0.3 is 5.32 Å². The number of rotatable bonds is 7. The Kier molecular flexibility index (Phi) is 7.91. The molecule has 36 heavy (non-hydrogen) atoms. The fraction of sp³-hybridized carbons (Fsp3) is 0.345. The standard InChI is InChI=1S/C29H34FN3O2S/c1-19-17-25(18-20(2)31-19)23-9-15-28(16-10-23)36(4,35)33-27-13-7-24(8-14-27)29(34)32-21(3)22-5-11-26(30)12-6-22/h5-6,9-12,15-18,21,24,27H,4,7-8,13-14H2,1-3H3,(H,32,34)(H,33,35)/t21-,24?,27?,36?/m1/s1. The number of halogens is 1. The van der Waals surface area contributed by atoms with E-state index >= 15 is 0 Å². The van der Waals surface area contributed by atoms with E-state index in [1.807, 2.05) is 57.2 Å². The summed E-state index contributed by atoms with van der Waals surface area (Å²) in [6, 6.07) is 17.8. The molecule has 1 saturated carbocycles. The fourth-order valence-corrected chi connectivity index (χ4v) is 6.33. The van der Waals surface area contributed by atoms with Crippen LogP contribution >= 0.6 is 0 Å². The summed E-state index contributed by atoms with van der Waals surface area (Å²) in [6.45, 7) is 5.85. The molecule has 2 atom stereocenters. The van der Waals surface area contributed by atoms with E-state index in [1.165, 1.54) is 12.1 Å². The molecule has 190 valence electrons. The van der Waals surface area contributed by atoms with Crippen molar-refractivity contribution >= 4 is 21.5 Å². The van der Waals surface area contributed by atoms with Gasteiger partial charge in [-0.1, -0.05) is 24.3 Å². The van der Waals surface area contributed by atoms with Gasteiger partial charge in [0.05, 0.1) is 15.7 Å². The fourth-order valence-electron chi connectivity index (χ4n) is 4.85. The van der Waals surface area contributed by atoms with E-state index in [1.54, 1.807) is 12.1 Å². The molecule has 1 unspecified atom stereocenters. The lowest BCUT2D eigenvalue weighted by atomic mass is 9.85. The lowest BCUT2D eigenvalue weighted by molar-refractivity contribution is -0.126. The summed E-state index contributed by atoms with van der Waals surface area (Å²) in [5.41, 5.74) is 4.93. The SMILES string of the molecule is C=S(=O)(NC1CCC(C(=O)N[C@H](C)c2ccc(F)cc2)CC1)c1ccc(-c2cc(C)nc(C)c2)cc1. The highest BCUT2D eigenvalue weighted by atomic mass is 32.2. The van der Waals surface area contributed by atoms with E-state index < -0.39 is 9.71 Å². The molecule has 1 aromatic heterocycles. The molecule has 1 amide bonds. The van der Waals surface area contributed by atoms with Crippen LogP contribution in [0.25, 0.3) is 11.1 Å². The molecule has 1 fully saturated rings. The number of pyridine rings is 1. The number of carbonyl (C=O) groups excluding carboxylic acids is 1. The molecule has 0 aliphatic heterocycles. The second-order valence-electron chi connectivity index (χ2n) is 9.79. The van der Waals surface area contributed by atoms with E-state index in [0.717, 1.165) is 53.8 Å². The Balaban J connectivity index is 1.31. The quantitative estimate of drug-likeness (QED) is 0.414. The molecule has 1 aliphatic rings. The Hall–Kier alpha value is -3.03. The Morgan fingerprint density at radius 1 is 0.972 bits per heavy atom. The molecule has 0 spiro atoms. The van der Waals surface area contributed by atoms with Crippen molar-refractivity contribution < 1.29 is 13.4 Å². The summed E-state index contributed by atoms with van der Waals surface area (Å²) in [5, 5.41) is 3.05. The summed E-state index contributed by atoms with van der Waals surface area (Å²) in [6.07, 6.45) is 2.94. The first-order valence-electron chi connectivity index (χ1n) is 12.4. The van der Waals surface area contributed by atoms with Gasteiger partial charge in [0.1, 0.15) is 5.82 Å². The zero-order chi connectivity index (χ0) is 25.9. The van der Waals surface area contributed by atoms with Crippen molar-refractivity contribution in [2.24, 2.45) is 5.92 Å². The number of hydrogen-bond donors (Lipinski definition) is 2. The summed E-state index contributed by atoms with van der Waals surface area (Å²) < 4.78 is 29.8. The largest absolute Gasteiger partial charge is 0.349 e. The number of aromatic nitrogens is 1. The number of carbonyl (C=O) groups is 1. The van der Waals surface area contributed by atoms with Gasteiger partial charge in [-0.3, -0.25) is 9.78 Å². The number of hydrogen-bond acceptors (Lipinski definition) is 3. The molecule has 2 N–H and O–H groups in total. The molecule has 7 heteroatoms. The average molecular weight is 508 g/mol. The first-order chi connectivity index (χ1) is 17.1. The Morgan fingerprint density at radius 3 is 2.14 bits per heavy atom. The van der Waals surface area contributed by atoms with Crippen LogP contribution in [0.5, 0.6) is 0 Å². The monoisotopic (exact) mass is 507 g/mol. The normalized spacial score (nSPS) is 20.3. The third kappa shape index (κ3) is 6.39. The number of nitrogens with zero attached hydrogens (tertiary/aromatic N) is 1. The van der Waals surface area contributed by atoms with Crippen molar-refractivity contribution in [1.29, 1.82) is 0 Å². The van der Waals surface area contributed by atoms with Gasteiger partial charge in [-0.25, -0.2) is 13.3 Å². The van der Waals surface area contributed by atoms with E-state index in [9.17, 15) is 13.4 Å². The third-order valence-corrected chi connectivity index (χ3v) is 8.58. The van der Waals surface area contributed by atoms with Gasteiger partial charge in [0.15, 0.2) is 0 Å². The average Bonchev–Trinajstić information content (AvgIpc) is 2.84. The van der Waals surface area contributed by atoms with Gasteiger partial charge >= 0.3 is 0 Å². The van der Waals surface area contributed by atoms with E-state index in [0.29, 0.717) is 4.90 Å². The minimum absolute atomic E-state index is 0.0119.